The van der Waals surface area contributed by atoms with E-state index in [0.29, 0.717) is 4.20 Å². The Morgan fingerprint density at radius 1 is 2.00 bits per heavy atom. The minimum atomic E-state index is 0.398. The van der Waals surface area contributed by atoms with Crippen LogP contribution in [0.25, 0.3) is 0 Å². The molecule has 0 saturated heterocycles. The molecule has 0 aromatic heterocycles. The van der Waals surface area contributed by atoms with E-state index in [2.05, 4.69) is 12.2 Å². The topological polar surface area (TPSA) is 23.8 Å². The predicted molar refractivity (Wildman–Crippen MR) is 31.7 cm³/mol. The van der Waals surface area contributed by atoms with Crippen molar-refractivity contribution in [3.05, 3.63) is 0 Å². The maximum Gasteiger partial charge on any atom is 0.148 e. The van der Waals surface area contributed by atoms with Crippen LogP contribution in [0.1, 0.15) is 0 Å². The van der Waals surface area contributed by atoms with Gasteiger partial charge in [0.1, 0.15) is 10.3 Å². The molecule has 6 heavy (non-hydrogen) atoms. The Morgan fingerprint density at radius 3 is 2.50 bits per heavy atom. The molecule has 0 rings (SSSR count). The SMILES string of the molecule is CSC(=S)C#N. The van der Waals surface area contributed by atoms with Crippen molar-refractivity contribution in [1.82, 2.24) is 0 Å². The fraction of sp³-hybridized carbons (Fsp3) is 0.333. The summed E-state index contributed by atoms with van der Waals surface area (Å²) in [6, 6.07) is 1.81. The van der Waals surface area contributed by atoms with Crippen LogP contribution in [0, 0.1) is 11.3 Å². The average Bonchev–Trinajstić information content (AvgIpc) is 1.65. The molecule has 0 aromatic carbocycles. The summed E-state index contributed by atoms with van der Waals surface area (Å²) in [4.78, 5) is 0. The molecule has 0 N–H and O–H groups in total. The van der Waals surface area contributed by atoms with Gasteiger partial charge in [0.2, 0.25) is 0 Å². The molecule has 0 aliphatic carbocycles. The van der Waals surface area contributed by atoms with E-state index in [4.69, 9.17) is 5.26 Å². The van der Waals surface area contributed by atoms with E-state index in [-0.39, 0.29) is 0 Å². The zero-order valence-corrected chi connectivity index (χ0v) is 4.90. The van der Waals surface area contributed by atoms with Gasteiger partial charge >= 0.3 is 0 Å². The van der Waals surface area contributed by atoms with Gasteiger partial charge < -0.3 is 0 Å². The first-order chi connectivity index (χ1) is 2.81. The Labute approximate surface area is 46.3 Å². The van der Waals surface area contributed by atoms with Crippen molar-refractivity contribution < 1.29 is 0 Å². The molecule has 0 spiro atoms. The fourth-order valence-electron chi connectivity index (χ4n) is 0.0456. The second-order valence-corrected chi connectivity index (χ2v) is 2.09. The molecule has 0 unspecified atom stereocenters. The Hall–Kier alpha value is -0.0700. The van der Waals surface area contributed by atoms with Crippen LogP contribution in [0.4, 0.5) is 0 Å². The quantitative estimate of drug-likeness (QED) is 0.445. The lowest BCUT2D eigenvalue weighted by molar-refractivity contribution is 1.56. The molecule has 0 saturated carbocycles. The second-order valence-electron chi connectivity index (χ2n) is 0.603. The van der Waals surface area contributed by atoms with Crippen molar-refractivity contribution in [3.8, 4) is 6.07 Å². The molecule has 0 radical (unpaired) electrons. The van der Waals surface area contributed by atoms with Gasteiger partial charge in [-0.1, -0.05) is 12.2 Å². The van der Waals surface area contributed by atoms with E-state index in [0.717, 1.165) is 0 Å². The normalized spacial score (nSPS) is 6.67. The highest BCUT2D eigenvalue weighted by molar-refractivity contribution is 8.23. The van der Waals surface area contributed by atoms with Crippen molar-refractivity contribution in [3.63, 3.8) is 0 Å². The van der Waals surface area contributed by atoms with Gasteiger partial charge in [-0.15, -0.1) is 11.8 Å². The molecule has 0 fully saturated rings. The lowest BCUT2D eigenvalue weighted by atomic mass is 10.9. The Kier molecular flexibility index (Phi) is 3.10. The first kappa shape index (κ1) is 5.93. The molecule has 1 nitrogen and oxygen atoms in total. The molecular weight excluding hydrogens is 114 g/mol. The van der Waals surface area contributed by atoms with Gasteiger partial charge in [0, 0.05) is 0 Å². The summed E-state index contributed by atoms with van der Waals surface area (Å²) in [7, 11) is 0. The maximum atomic E-state index is 7.92. The van der Waals surface area contributed by atoms with Crippen LogP contribution in [-0.4, -0.2) is 10.5 Å². The van der Waals surface area contributed by atoms with Crippen molar-refractivity contribution >= 4 is 28.2 Å². The van der Waals surface area contributed by atoms with E-state index in [1.165, 1.54) is 11.8 Å². The third-order valence-electron chi connectivity index (χ3n) is 0.277. The highest BCUT2D eigenvalue weighted by Crippen LogP contribution is 1.93. The smallest absolute Gasteiger partial charge is 0.148 e. The molecule has 0 bridgehead atoms. The van der Waals surface area contributed by atoms with Gasteiger partial charge in [0.25, 0.3) is 0 Å². The van der Waals surface area contributed by atoms with Gasteiger partial charge in [-0.25, -0.2) is 0 Å². The molecule has 32 valence electrons. The molecule has 0 heterocycles. The van der Waals surface area contributed by atoms with Gasteiger partial charge in [0.15, 0.2) is 0 Å². The monoisotopic (exact) mass is 117 g/mol. The molecule has 3 heteroatoms. The Morgan fingerprint density at radius 2 is 2.50 bits per heavy atom. The number of rotatable bonds is 0. The van der Waals surface area contributed by atoms with Crippen molar-refractivity contribution in [2.45, 2.75) is 0 Å². The van der Waals surface area contributed by atoms with Crippen LogP contribution in [-0.2, 0) is 0 Å². The molecule has 0 atom stereocenters. The fourth-order valence-corrected chi connectivity index (χ4v) is 0.137. The Bertz CT molecular complexity index is 91.5. The molecule has 0 aliphatic rings. The summed E-state index contributed by atoms with van der Waals surface area (Å²) in [5.74, 6) is 0. The first-order valence-electron chi connectivity index (χ1n) is 1.29. The van der Waals surface area contributed by atoms with Gasteiger partial charge in [-0.05, 0) is 6.26 Å². The van der Waals surface area contributed by atoms with Crippen molar-refractivity contribution in [1.29, 1.82) is 5.26 Å². The summed E-state index contributed by atoms with van der Waals surface area (Å²) in [5.41, 5.74) is 0. The third-order valence-corrected chi connectivity index (χ3v) is 1.33. The van der Waals surface area contributed by atoms with Crippen LogP contribution in [0.2, 0.25) is 0 Å². The van der Waals surface area contributed by atoms with E-state index in [1.54, 1.807) is 6.26 Å². The van der Waals surface area contributed by atoms with E-state index >= 15 is 0 Å². The number of hydrogen-bond donors (Lipinski definition) is 0. The largest absolute Gasteiger partial charge is 0.191 e. The van der Waals surface area contributed by atoms with E-state index in [9.17, 15) is 0 Å². The molecule has 0 aliphatic heterocycles. The lowest BCUT2D eigenvalue weighted by Gasteiger charge is -1.73. The number of nitrogens with zero attached hydrogens (tertiary/aromatic N) is 1. The zero-order valence-electron chi connectivity index (χ0n) is 3.26. The number of thioether (sulfide) groups is 1. The van der Waals surface area contributed by atoms with E-state index < -0.39 is 0 Å². The van der Waals surface area contributed by atoms with Crippen LogP contribution in [0.3, 0.4) is 0 Å². The van der Waals surface area contributed by atoms with Gasteiger partial charge in [0.05, 0.1) is 0 Å². The summed E-state index contributed by atoms with van der Waals surface area (Å²) in [6.07, 6.45) is 1.78. The Balaban J connectivity index is 3.33. The molecule has 0 amide bonds. The summed E-state index contributed by atoms with van der Waals surface area (Å²) in [6.45, 7) is 0. The van der Waals surface area contributed by atoms with Crippen molar-refractivity contribution in [2.75, 3.05) is 6.26 Å². The number of hydrogen-bond acceptors (Lipinski definition) is 3. The summed E-state index contributed by atoms with van der Waals surface area (Å²) in [5, 5.41) is 7.92. The minimum Gasteiger partial charge on any atom is -0.191 e. The predicted octanol–water partition coefficient (Wildman–Crippen LogP) is 1.20. The summed E-state index contributed by atoms with van der Waals surface area (Å²) < 4.78 is 0.398. The number of thiocarbonyl (C=S) groups is 1. The first-order valence-corrected chi connectivity index (χ1v) is 2.92. The highest BCUT2D eigenvalue weighted by Gasteiger charge is 1.81. The molecular formula is C3H3NS2. The van der Waals surface area contributed by atoms with Crippen LogP contribution in [0.5, 0.6) is 0 Å². The summed E-state index contributed by atoms with van der Waals surface area (Å²) >= 11 is 5.75. The second kappa shape index (κ2) is 3.13. The average molecular weight is 117 g/mol. The van der Waals surface area contributed by atoms with Crippen LogP contribution < -0.4 is 0 Å². The van der Waals surface area contributed by atoms with Crippen LogP contribution in [0.15, 0.2) is 0 Å². The van der Waals surface area contributed by atoms with E-state index in [1.807, 2.05) is 6.07 Å². The van der Waals surface area contributed by atoms with Crippen molar-refractivity contribution in [2.24, 2.45) is 0 Å². The zero-order chi connectivity index (χ0) is 4.99. The third kappa shape index (κ3) is 2.18. The van der Waals surface area contributed by atoms with Gasteiger partial charge in [-0.2, -0.15) is 5.26 Å². The molecule has 0 aromatic rings. The van der Waals surface area contributed by atoms with Gasteiger partial charge in [-0.3, -0.25) is 0 Å². The maximum absolute atomic E-state index is 7.92. The standard InChI is InChI=1S/C3H3NS2/c1-6-3(5)2-4/h1H3. The number of nitriles is 1. The van der Waals surface area contributed by atoms with Crippen LogP contribution >= 0.6 is 24.0 Å². The minimum absolute atomic E-state index is 0.398. The lowest BCUT2D eigenvalue weighted by Crippen LogP contribution is -1.72. The highest BCUT2D eigenvalue weighted by atomic mass is 32.2.